The minimum absolute atomic E-state index is 0.506. The maximum atomic E-state index is 11.0. The van der Waals surface area contributed by atoms with Gasteiger partial charge in [-0.05, 0) is 25.5 Å². The molecule has 0 amide bonds. The third-order valence-corrected chi connectivity index (χ3v) is 2.14. The molecule has 1 heterocycles. The third kappa shape index (κ3) is 2.68. The van der Waals surface area contributed by atoms with Crippen LogP contribution >= 0.6 is 0 Å². The first-order valence-corrected chi connectivity index (χ1v) is 5.01. The number of ether oxygens (including phenoxy) is 1. The van der Waals surface area contributed by atoms with Crippen molar-refractivity contribution in [2.45, 2.75) is 26.2 Å². The van der Waals surface area contributed by atoms with E-state index in [-0.39, 0.29) is 0 Å². The summed E-state index contributed by atoms with van der Waals surface area (Å²) in [5.74, 6) is -0.890. The first-order valence-electron chi connectivity index (χ1n) is 5.01. The Morgan fingerprint density at radius 2 is 2.33 bits per heavy atom. The Balaban J connectivity index is 3.04. The van der Waals surface area contributed by atoms with Crippen molar-refractivity contribution in [2.24, 2.45) is 0 Å². The van der Waals surface area contributed by atoms with Gasteiger partial charge in [0.05, 0.1) is 12.3 Å². The summed E-state index contributed by atoms with van der Waals surface area (Å²) in [6.07, 6.45) is 2.09. The molecule has 0 saturated carbocycles. The number of hydrogen-bond donors (Lipinski definition) is 1. The summed E-state index contributed by atoms with van der Waals surface area (Å²) in [7, 11) is 0. The molecule has 1 aromatic heterocycles. The molecule has 15 heavy (non-hydrogen) atoms. The second-order valence-corrected chi connectivity index (χ2v) is 3.12. The molecule has 4 heteroatoms. The maximum absolute atomic E-state index is 11.0. The maximum Gasteiger partial charge on any atom is 0.312 e. The van der Waals surface area contributed by atoms with Gasteiger partial charge >= 0.3 is 5.97 Å². The quantitative estimate of drug-likeness (QED) is 0.806. The van der Waals surface area contributed by atoms with Gasteiger partial charge in [-0.1, -0.05) is 6.92 Å². The van der Waals surface area contributed by atoms with Crippen LogP contribution in [0.1, 0.15) is 31.9 Å². The summed E-state index contributed by atoms with van der Waals surface area (Å²) in [4.78, 5) is 15.1. The molecule has 4 nitrogen and oxygen atoms in total. The van der Waals surface area contributed by atoms with Crippen LogP contribution in [0.5, 0.6) is 5.75 Å². The molecule has 0 radical (unpaired) electrons. The summed E-state index contributed by atoms with van der Waals surface area (Å²) in [5.41, 5.74) is 0.509. The SMILES string of the molecule is CCOc1cccnc1C(CC)C(=O)O. The zero-order valence-corrected chi connectivity index (χ0v) is 8.93. The van der Waals surface area contributed by atoms with Crippen molar-refractivity contribution < 1.29 is 14.6 Å². The van der Waals surface area contributed by atoms with Gasteiger partial charge in [-0.25, -0.2) is 0 Å². The number of nitrogens with zero attached hydrogens (tertiary/aromatic N) is 1. The molecule has 0 bridgehead atoms. The molecule has 1 unspecified atom stereocenters. The molecule has 1 atom stereocenters. The first-order chi connectivity index (χ1) is 7.20. The number of carbonyl (C=O) groups is 1. The van der Waals surface area contributed by atoms with Gasteiger partial charge in [0.15, 0.2) is 0 Å². The highest BCUT2D eigenvalue weighted by Crippen LogP contribution is 2.26. The summed E-state index contributed by atoms with van der Waals surface area (Å²) in [5, 5.41) is 9.02. The topological polar surface area (TPSA) is 59.4 Å². The molecule has 1 rings (SSSR count). The second kappa shape index (κ2) is 5.34. The molecule has 0 saturated heterocycles. The van der Waals surface area contributed by atoms with Crippen LogP contribution in [0.4, 0.5) is 0 Å². The first kappa shape index (κ1) is 11.5. The molecule has 0 aliphatic heterocycles. The normalized spacial score (nSPS) is 12.1. The second-order valence-electron chi connectivity index (χ2n) is 3.12. The Labute approximate surface area is 88.9 Å². The molecule has 0 aromatic carbocycles. The smallest absolute Gasteiger partial charge is 0.312 e. The van der Waals surface area contributed by atoms with Crippen molar-refractivity contribution in [1.82, 2.24) is 4.98 Å². The Morgan fingerprint density at radius 3 is 2.87 bits per heavy atom. The molecular formula is C11H15NO3. The lowest BCUT2D eigenvalue weighted by Crippen LogP contribution is -2.13. The van der Waals surface area contributed by atoms with Crippen LogP contribution in [0.2, 0.25) is 0 Å². The Morgan fingerprint density at radius 1 is 1.60 bits per heavy atom. The van der Waals surface area contributed by atoms with Crippen molar-refractivity contribution in [3.63, 3.8) is 0 Å². The summed E-state index contributed by atoms with van der Waals surface area (Å²) in [6, 6.07) is 3.49. The van der Waals surface area contributed by atoms with E-state index >= 15 is 0 Å². The number of rotatable bonds is 5. The molecule has 0 aliphatic rings. The van der Waals surface area contributed by atoms with Crippen LogP contribution in [-0.4, -0.2) is 22.7 Å². The molecular weight excluding hydrogens is 194 g/mol. The summed E-state index contributed by atoms with van der Waals surface area (Å²) in [6.45, 7) is 4.19. The van der Waals surface area contributed by atoms with Gasteiger partial charge in [-0.3, -0.25) is 9.78 Å². The van der Waals surface area contributed by atoms with Crippen molar-refractivity contribution in [3.05, 3.63) is 24.0 Å². The van der Waals surface area contributed by atoms with E-state index in [1.54, 1.807) is 18.3 Å². The van der Waals surface area contributed by atoms with Crippen molar-refractivity contribution >= 4 is 5.97 Å². The highest BCUT2D eigenvalue weighted by molar-refractivity contribution is 5.76. The lowest BCUT2D eigenvalue weighted by atomic mass is 10.0. The van der Waals surface area contributed by atoms with Crippen LogP contribution in [-0.2, 0) is 4.79 Å². The van der Waals surface area contributed by atoms with Gasteiger partial charge < -0.3 is 9.84 Å². The molecule has 1 N–H and O–H groups in total. The number of hydrogen-bond acceptors (Lipinski definition) is 3. The largest absolute Gasteiger partial charge is 0.492 e. The zero-order chi connectivity index (χ0) is 11.3. The number of carboxylic acids is 1. The Hall–Kier alpha value is -1.58. The summed E-state index contributed by atoms with van der Waals surface area (Å²) < 4.78 is 5.34. The molecule has 0 fully saturated rings. The van der Waals surface area contributed by atoms with Crippen LogP contribution in [0.15, 0.2) is 18.3 Å². The average Bonchev–Trinajstić information content (AvgIpc) is 2.21. The van der Waals surface area contributed by atoms with Crippen molar-refractivity contribution in [1.29, 1.82) is 0 Å². The average molecular weight is 209 g/mol. The summed E-state index contributed by atoms with van der Waals surface area (Å²) >= 11 is 0. The van der Waals surface area contributed by atoms with E-state index in [1.165, 1.54) is 0 Å². The molecule has 1 aromatic rings. The van der Waals surface area contributed by atoms with E-state index in [9.17, 15) is 4.79 Å². The van der Waals surface area contributed by atoms with E-state index in [0.717, 1.165) is 0 Å². The van der Waals surface area contributed by atoms with Crippen LogP contribution in [0.25, 0.3) is 0 Å². The van der Waals surface area contributed by atoms with E-state index in [0.29, 0.717) is 24.5 Å². The number of pyridine rings is 1. The fourth-order valence-electron chi connectivity index (χ4n) is 1.43. The van der Waals surface area contributed by atoms with Crippen molar-refractivity contribution in [3.8, 4) is 5.75 Å². The minimum Gasteiger partial charge on any atom is -0.492 e. The molecule has 0 spiro atoms. The predicted molar refractivity (Wildman–Crippen MR) is 56.1 cm³/mol. The highest BCUT2D eigenvalue weighted by Gasteiger charge is 2.22. The number of carboxylic acid groups (broad SMARTS) is 1. The number of aliphatic carboxylic acids is 1. The highest BCUT2D eigenvalue weighted by atomic mass is 16.5. The van der Waals surface area contributed by atoms with E-state index in [1.807, 2.05) is 13.8 Å². The van der Waals surface area contributed by atoms with Crippen LogP contribution in [0, 0.1) is 0 Å². The lowest BCUT2D eigenvalue weighted by Gasteiger charge is -2.13. The van der Waals surface area contributed by atoms with Gasteiger partial charge in [0, 0.05) is 6.20 Å². The fraction of sp³-hybridized carbons (Fsp3) is 0.455. The van der Waals surface area contributed by atoms with E-state index in [4.69, 9.17) is 9.84 Å². The van der Waals surface area contributed by atoms with E-state index < -0.39 is 11.9 Å². The van der Waals surface area contributed by atoms with Gasteiger partial charge in [0.2, 0.25) is 0 Å². The van der Waals surface area contributed by atoms with Gasteiger partial charge in [0.25, 0.3) is 0 Å². The standard InChI is InChI=1S/C11H15NO3/c1-3-8(11(13)14)10-9(15-4-2)6-5-7-12-10/h5-8H,3-4H2,1-2H3,(H,13,14). The minimum atomic E-state index is -0.864. The predicted octanol–water partition coefficient (Wildman–Crippen LogP) is 2.06. The lowest BCUT2D eigenvalue weighted by molar-refractivity contribution is -0.139. The van der Waals surface area contributed by atoms with Crippen molar-refractivity contribution in [2.75, 3.05) is 6.61 Å². The monoisotopic (exact) mass is 209 g/mol. The van der Waals surface area contributed by atoms with Crippen LogP contribution < -0.4 is 4.74 Å². The Kier molecular flexibility index (Phi) is 4.09. The third-order valence-electron chi connectivity index (χ3n) is 2.14. The van der Waals surface area contributed by atoms with Gasteiger partial charge in [0.1, 0.15) is 11.7 Å². The zero-order valence-electron chi connectivity index (χ0n) is 8.93. The van der Waals surface area contributed by atoms with E-state index in [2.05, 4.69) is 4.98 Å². The van der Waals surface area contributed by atoms with Crippen LogP contribution in [0.3, 0.4) is 0 Å². The molecule has 0 aliphatic carbocycles. The fourth-order valence-corrected chi connectivity index (χ4v) is 1.43. The van der Waals surface area contributed by atoms with Gasteiger partial charge in [-0.2, -0.15) is 0 Å². The molecule has 82 valence electrons. The number of aromatic nitrogens is 1. The Bertz CT molecular complexity index is 338. The van der Waals surface area contributed by atoms with Gasteiger partial charge in [-0.15, -0.1) is 0 Å².